The average molecular weight is 247 g/mol. The predicted molar refractivity (Wildman–Crippen MR) is 54.7 cm³/mol. The van der Waals surface area contributed by atoms with Gasteiger partial charge in [0.2, 0.25) is 5.91 Å². The van der Waals surface area contributed by atoms with Crippen LogP contribution in [0.4, 0.5) is 13.2 Å². The number of hydrogen-bond donors (Lipinski definition) is 2. The maximum absolute atomic E-state index is 13.2. The molecule has 1 aromatic rings. The van der Waals surface area contributed by atoms with E-state index in [2.05, 4.69) is 5.32 Å². The molecule has 2 N–H and O–H groups in total. The molecule has 0 saturated carbocycles. The smallest absolute Gasteiger partial charge is 0.224 e. The Morgan fingerprint density at radius 3 is 2.35 bits per heavy atom. The molecule has 1 rings (SSSR count). The average Bonchev–Trinajstić information content (AvgIpc) is 2.24. The number of nitrogens with one attached hydrogen (secondary N) is 1. The number of aliphatic hydroxyl groups is 1. The third kappa shape index (κ3) is 4.07. The van der Waals surface area contributed by atoms with Crippen LogP contribution in [-0.4, -0.2) is 24.2 Å². The van der Waals surface area contributed by atoms with E-state index in [0.717, 1.165) is 0 Å². The lowest BCUT2D eigenvalue weighted by molar-refractivity contribution is -0.120. The number of rotatable bonds is 5. The van der Waals surface area contributed by atoms with Crippen LogP contribution in [0.25, 0.3) is 0 Å². The van der Waals surface area contributed by atoms with Crippen molar-refractivity contribution < 1.29 is 23.1 Å². The first-order chi connectivity index (χ1) is 8.04. The van der Waals surface area contributed by atoms with Crippen molar-refractivity contribution in [3.63, 3.8) is 0 Å². The maximum atomic E-state index is 13.2. The highest BCUT2D eigenvalue weighted by molar-refractivity contribution is 5.78. The first-order valence-electron chi connectivity index (χ1n) is 5.05. The van der Waals surface area contributed by atoms with E-state index in [4.69, 9.17) is 5.11 Å². The summed E-state index contributed by atoms with van der Waals surface area (Å²) in [7, 11) is 0. The minimum Gasteiger partial charge on any atom is -0.396 e. The fourth-order valence-electron chi connectivity index (χ4n) is 1.27. The molecule has 17 heavy (non-hydrogen) atoms. The molecule has 0 aliphatic heterocycles. The Hall–Kier alpha value is -1.56. The summed E-state index contributed by atoms with van der Waals surface area (Å²) in [6.07, 6.45) is -0.135. The number of halogens is 3. The van der Waals surface area contributed by atoms with Crippen LogP contribution in [0.1, 0.15) is 12.0 Å². The molecule has 0 aliphatic carbocycles. The van der Waals surface area contributed by atoms with Gasteiger partial charge in [0.15, 0.2) is 0 Å². The summed E-state index contributed by atoms with van der Waals surface area (Å²) >= 11 is 0. The molecule has 0 saturated heterocycles. The zero-order valence-electron chi connectivity index (χ0n) is 8.97. The zero-order chi connectivity index (χ0) is 12.8. The molecule has 0 fully saturated rings. The quantitative estimate of drug-likeness (QED) is 0.767. The largest absolute Gasteiger partial charge is 0.396 e. The van der Waals surface area contributed by atoms with Crippen molar-refractivity contribution in [3.8, 4) is 0 Å². The fraction of sp³-hybridized carbons (Fsp3) is 0.364. The van der Waals surface area contributed by atoms with Crippen LogP contribution in [0, 0.1) is 17.5 Å². The Bertz CT molecular complexity index is 387. The van der Waals surface area contributed by atoms with Gasteiger partial charge >= 0.3 is 0 Å². The van der Waals surface area contributed by atoms with Crippen molar-refractivity contribution in [2.45, 2.75) is 12.8 Å². The van der Waals surface area contributed by atoms with Crippen molar-refractivity contribution in [2.75, 3.05) is 13.2 Å². The number of aliphatic hydroxyl groups excluding tert-OH is 1. The summed E-state index contributed by atoms with van der Waals surface area (Å²) in [5.41, 5.74) is -0.465. The van der Waals surface area contributed by atoms with Crippen molar-refractivity contribution >= 4 is 5.91 Å². The summed E-state index contributed by atoms with van der Waals surface area (Å²) in [4.78, 5) is 11.3. The van der Waals surface area contributed by atoms with Gasteiger partial charge in [-0.1, -0.05) is 0 Å². The van der Waals surface area contributed by atoms with Gasteiger partial charge in [-0.3, -0.25) is 4.79 Å². The van der Waals surface area contributed by atoms with E-state index in [9.17, 15) is 18.0 Å². The van der Waals surface area contributed by atoms with Gasteiger partial charge in [0.25, 0.3) is 0 Å². The number of amides is 1. The van der Waals surface area contributed by atoms with E-state index in [0.29, 0.717) is 18.6 Å². The predicted octanol–water partition coefficient (Wildman–Crippen LogP) is 1.15. The van der Waals surface area contributed by atoms with Crippen LogP contribution in [0.15, 0.2) is 12.1 Å². The highest BCUT2D eigenvalue weighted by Crippen LogP contribution is 2.15. The SMILES string of the molecule is O=C(Cc1c(F)cc(F)cc1F)NCCCO. The molecule has 0 bridgehead atoms. The first kappa shape index (κ1) is 13.5. The number of hydrogen-bond acceptors (Lipinski definition) is 2. The Balaban J connectivity index is 2.65. The van der Waals surface area contributed by atoms with Gasteiger partial charge in [-0.2, -0.15) is 0 Å². The third-order valence-electron chi connectivity index (χ3n) is 2.10. The van der Waals surface area contributed by atoms with E-state index >= 15 is 0 Å². The third-order valence-corrected chi connectivity index (χ3v) is 2.10. The van der Waals surface area contributed by atoms with Crippen molar-refractivity contribution in [1.82, 2.24) is 5.32 Å². The fourth-order valence-corrected chi connectivity index (χ4v) is 1.27. The Kier molecular flexibility index (Phi) is 4.96. The zero-order valence-corrected chi connectivity index (χ0v) is 8.97. The molecule has 6 heteroatoms. The second-order valence-corrected chi connectivity index (χ2v) is 3.45. The number of carbonyl (C=O) groups excluding carboxylic acids is 1. The van der Waals surface area contributed by atoms with Crippen LogP contribution in [0.3, 0.4) is 0 Å². The van der Waals surface area contributed by atoms with Crippen LogP contribution in [0.2, 0.25) is 0 Å². The Morgan fingerprint density at radius 1 is 1.24 bits per heavy atom. The van der Waals surface area contributed by atoms with Crippen molar-refractivity contribution in [2.24, 2.45) is 0 Å². The normalized spacial score (nSPS) is 10.4. The Morgan fingerprint density at radius 2 is 1.82 bits per heavy atom. The highest BCUT2D eigenvalue weighted by Gasteiger charge is 2.14. The molecule has 1 aromatic carbocycles. The van der Waals surface area contributed by atoms with Gasteiger partial charge in [0.1, 0.15) is 17.5 Å². The van der Waals surface area contributed by atoms with Crippen molar-refractivity contribution in [1.29, 1.82) is 0 Å². The van der Waals surface area contributed by atoms with Crippen LogP contribution >= 0.6 is 0 Å². The minimum absolute atomic E-state index is 0.0838. The molecule has 0 spiro atoms. The van der Waals surface area contributed by atoms with E-state index < -0.39 is 35.3 Å². The summed E-state index contributed by atoms with van der Waals surface area (Å²) in [5.74, 6) is -3.77. The second kappa shape index (κ2) is 6.24. The standard InChI is InChI=1S/C11H12F3NO2/c12-7-4-9(13)8(10(14)5-7)6-11(17)15-2-1-3-16/h4-5,16H,1-3,6H2,(H,15,17). The summed E-state index contributed by atoms with van der Waals surface area (Å²) in [5, 5.41) is 10.8. The number of benzene rings is 1. The molecular formula is C11H12F3NO2. The monoisotopic (exact) mass is 247 g/mol. The van der Waals surface area contributed by atoms with Gasteiger partial charge in [-0.15, -0.1) is 0 Å². The number of carbonyl (C=O) groups is 1. The molecular weight excluding hydrogens is 235 g/mol. The molecule has 94 valence electrons. The molecule has 3 nitrogen and oxygen atoms in total. The van der Waals surface area contributed by atoms with Crippen LogP contribution in [0.5, 0.6) is 0 Å². The van der Waals surface area contributed by atoms with Crippen LogP contribution in [-0.2, 0) is 11.2 Å². The molecule has 1 amide bonds. The highest BCUT2D eigenvalue weighted by atomic mass is 19.1. The van der Waals surface area contributed by atoms with Gasteiger partial charge < -0.3 is 10.4 Å². The Labute approximate surface area is 96.3 Å². The van der Waals surface area contributed by atoms with Gasteiger partial charge in [-0.25, -0.2) is 13.2 Å². The maximum Gasteiger partial charge on any atom is 0.224 e. The summed E-state index contributed by atoms with van der Waals surface area (Å²) < 4.78 is 38.9. The van der Waals surface area contributed by atoms with E-state index in [1.165, 1.54) is 0 Å². The summed E-state index contributed by atoms with van der Waals surface area (Å²) in [6, 6.07) is 1.05. The minimum atomic E-state index is -1.08. The van der Waals surface area contributed by atoms with Gasteiger partial charge in [-0.05, 0) is 6.42 Å². The van der Waals surface area contributed by atoms with Crippen LogP contribution < -0.4 is 5.32 Å². The lowest BCUT2D eigenvalue weighted by atomic mass is 10.1. The first-order valence-corrected chi connectivity index (χ1v) is 5.05. The molecule has 0 radical (unpaired) electrons. The van der Waals surface area contributed by atoms with Gasteiger partial charge in [0, 0.05) is 30.8 Å². The summed E-state index contributed by atoms with van der Waals surface area (Å²) in [6.45, 7) is 0.138. The van der Waals surface area contributed by atoms with Gasteiger partial charge in [0.05, 0.1) is 6.42 Å². The van der Waals surface area contributed by atoms with Crippen molar-refractivity contribution in [3.05, 3.63) is 35.1 Å². The van der Waals surface area contributed by atoms with E-state index in [1.807, 2.05) is 0 Å². The molecule has 0 heterocycles. The van der Waals surface area contributed by atoms with E-state index in [-0.39, 0.29) is 13.2 Å². The topological polar surface area (TPSA) is 49.3 Å². The molecule has 0 atom stereocenters. The van der Waals surface area contributed by atoms with E-state index in [1.54, 1.807) is 0 Å². The lowest BCUT2D eigenvalue weighted by Crippen LogP contribution is -2.27. The molecule has 0 aromatic heterocycles. The molecule has 0 aliphatic rings. The molecule has 0 unspecified atom stereocenters. The second-order valence-electron chi connectivity index (χ2n) is 3.45. The lowest BCUT2D eigenvalue weighted by Gasteiger charge is -2.06.